The molecule has 0 aromatic heterocycles. The number of amides is 2. The first-order valence-corrected chi connectivity index (χ1v) is 8.48. The normalized spacial score (nSPS) is 21.9. The fraction of sp³-hybridized carbons (Fsp3) is 0.368. The molecule has 2 heterocycles. The van der Waals surface area contributed by atoms with Crippen molar-refractivity contribution in [2.24, 2.45) is 0 Å². The quantitative estimate of drug-likeness (QED) is 0.549. The van der Waals surface area contributed by atoms with E-state index in [1.54, 1.807) is 18.2 Å². The van der Waals surface area contributed by atoms with Crippen molar-refractivity contribution in [3.63, 3.8) is 0 Å². The van der Waals surface area contributed by atoms with Crippen molar-refractivity contribution < 1.29 is 38.1 Å². The molecule has 1 aromatic carbocycles. The molecule has 0 N–H and O–H groups in total. The molecule has 0 bridgehead atoms. The number of hydrogen-bond donors (Lipinski definition) is 0. The second-order valence-corrected chi connectivity index (χ2v) is 6.35. The smallest absolute Gasteiger partial charge is 0.308 e. The minimum absolute atomic E-state index is 0.0259. The molecule has 9 nitrogen and oxygen atoms in total. The lowest BCUT2D eigenvalue weighted by atomic mass is 9.90. The van der Waals surface area contributed by atoms with Gasteiger partial charge in [0.2, 0.25) is 23.2 Å². The molecule has 0 radical (unpaired) electrons. The van der Waals surface area contributed by atoms with E-state index < -0.39 is 40.8 Å². The standard InChI is InChI=1S/C19H19NO8/c1-10(21)27-16-17(24)19(2,15-11(25-3)6-5-7-12(15)26-4)28-18(16)20-13(22)8-9-14(20)23/h5-7H,8-9H2,1-4H3. The summed E-state index contributed by atoms with van der Waals surface area (Å²) in [4.78, 5) is 49.9. The number of esters is 1. The highest BCUT2D eigenvalue weighted by molar-refractivity contribution is 6.09. The van der Waals surface area contributed by atoms with Crippen LogP contribution in [0.2, 0.25) is 0 Å². The number of methoxy groups -OCH3 is 2. The van der Waals surface area contributed by atoms with Crippen LogP contribution in [-0.4, -0.2) is 42.7 Å². The summed E-state index contributed by atoms with van der Waals surface area (Å²) in [5, 5.41) is 0. The zero-order chi connectivity index (χ0) is 20.6. The molecule has 1 saturated heterocycles. The monoisotopic (exact) mass is 389 g/mol. The number of Topliss-reactive ketones (excluding diaryl/α,β-unsaturated/α-hetero) is 1. The van der Waals surface area contributed by atoms with E-state index >= 15 is 0 Å². The van der Waals surface area contributed by atoms with E-state index in [9.17, 15) is 19.2 Å². The maximum absolute atomic E-state index is 13.3. The molecule has 0 aliphatic carbocycles. The van der Waals surface area contributed by atoms with Crippen LogP contribution < -0.4 is 9.47 Å². The highest BCUT2D eigenvalue weighted by Crippen LogP contribution is 2.48. The summed E-state index contributed by atoms with van der Waals surface area (Å²) >= 11 is 0. The first-order chi connectivity index (χ1) is 13.2. The second kappa shape index (κ2) is 6.99. The Bertz CT molecular complexity index is 880. The van der Waals surface area contributed by atoms with Gasteiger partial charge in [0.15, 0.2) is 0 Å². The molecule has 1 fully saturated rings. The highest BCUT2D eigenvalue weighted by atomic mass is 16.6. The molecule has 0 saturated carbocycles. The molecule has 1 atom stereocenters. The van der Waals surface area contributed by atoms with Crippen molar-refractivity contribution in [1.82, 2.24) is 4.90 Å². The number of ether oxygens (including phenoxy) is 4. The number of carbonyl (C=O) groups is 4. The Balaban J connectivity index is 2.17. The van der Waals surface area contributed by atoms with Crippen LogP contribution in [-0.2, 0) is 34.3 Å². The van der Waals surface area contributed by atoms with Crippen LogP contribution in [0, 0.1) is 0 Å². The number of likely N-dealkylation sites (tertiary alicyclic amines) is 1. The van der Waals surface area contributed by atoms with Gasteiger partial charge in [-0.15, -0.1) is 0 Å². The third kappa shape index (κ3) is 2.88. The third-order valence-electron chi connectivity index (χ3n) is 4.54. The van der Waals surface area contributed by atoms with Gasteiger partial charge in [0.25, 0.3) is 11.7 Å². The Hall–Kier alpha value is -3.36. The van der Waals surface area contributed by atoms with Gasteiger partial charge in [-0.25, -0.2) is 4.90 Å². The predicted molar refractivity (Wildman–Crippen MR) is 92.9 cm³/mol. The molecule has 3 rings (SSSR count). The van der Waals surface area contributed by atoms with Crippen molar-refractivity contribution in [1.29, 1.82) is 0 Å². The van der Waals surface area contributed by atoms with Crippen LogP contribution in [0.3, 0.4) is 0 Å². The van der Waals surface area contributed by atoms with Crippen LogP contribution in [0.5, 0.6) is 11.5 Å². The average Bonchev–Trinajstić information content (AvgIpc) is 3.12. The summed E-state index contributed by atoms with van der Waals surface area (Å²) in [5.74, 6) is -2.96. The van der Waals surface area contributed by atoms with E-state index in [0.29, 0.717) is 0 Å². The minimum atomic E-state index is -1.75. The molecular formula is C19H19NO8. The van der Waals surface area contributed by atoms with Gasteiger partial charge < -0.3 is 18.9 Å². The van der Waals surface area contributed by atoms with Gasteiger partial charge in [-0.2, -0.15) is 0 Å². The first kappa shape index (κ1) is 19.4. The van der Waals surface area contributed by atoms with E-state index in [0.717, 1.165) is 11.8 Å². The average molecular weight is 389 g/mol. The Labute approximate surface area is 160 Å². The van der Waals surface area contributed by atoms with Gasteiger partial charge in [-0.1, -0.05) is 6.07 Å². The van der Waals surface area contributed by atoms with E-state index in [1.165, 1.54) is 21.1 Å². The molecule has 2 amide bonds. The molecule has 1 aromatic rings. The van der Waals surface area contributed by atoms with E-state index in [1.807, 2.05) is 0 Å². The topological polar surface area (TPSA) is 108 Å². The molecular weight excluding hydrogens is 370 g/mol. The van der Waals surface area contributed by atoms with Gasteiger partial charge >= 0.3 is 5.97 Å². The Morgan fingerprint density at radius 2 is 1.61 bits per heavy atom. The zero-order valence-corrected chi connectivity index (χ0v) is 15.9. The summed E-state index contributed by atoms with van der Waals surface area (Å²) in [6.45, 7) is 2.53. The number of rotatable bonds is 5. The first-order valence-electron chi connectivity index (χ1n) is 8.48. The molecule has 148 valence electrons. The molecule has 2 aliphatic heterocycles. The van der Waals surface area contributed by atoms with Crippen molar-refractivity contribution in [2.45, 2.75) is 32.3 Å². The van der Waals surface area contributed by atoms with Crippen LogP contribution in [0.25, 0.3) is 0 Å². The van der Waals surface area contributed by atoms with Crippen LogP contribution >= 0.6 is 0 Å². The lowest BCUT2D eigenvalue weighted by Gasteiger charge is -2.28. The molecule has 2 aliphatic rings. The van der Waals surface area contributed by atoms with Crippen molar-refractivity contribution in [2.75, 3.05) is 14.2 Å². The summed E-state index contributed by atoms with van der Waals surface area (Å²) in [5.41, 5.74) is -1.51. The maximum atomic E-state index is 13.3. The molecule has 1 unspecified atom stereocenters. The minimum Gasteiger partial charge on any atom is -0.496 e. The van der Waals surface area contributed by atoms with Gasteiger partial charge in [0.05, 0.1) is 19.8 Å². The lowest BCUT2D eigenvalue weighted by molar-refractivity contribution is -0.144. The Morgan fingerprint density at radius 1 is 1.07 bits per heavy atom. The maximum Gasteiger partial charge on any atom is 0.308 e. The summed E-state index contributed by atoms with van der Waals surface area (Å²) in [6, 6.07) is 4.88. The van der Waals surface area contributed by atoms with Crippen LogP contribution in [0.1, 0.15) is 32.3 Å². The van der Waals surface area contributed by atoms with Gasteiger partial charge in [-0.05, 0) is 19.1 Å². The summed E-state index contributed by atoms with van der Waals surface area (Å²) in [7, 11) is 2.83. The molecule has 28 heavy (non-hydrogen) atoms. The second-order valence-electron chi connectivity index (χ2n) is 6.35. The van der Waals surface area contributed by atoms with Gasteiger partial charge in [0, 0.05) is 19.8 Å². The zero-order valence-electron chi connectivity index (χ0n) is 15.9. The van der Waals surface area contributed by atoms with Gasteiger partial charge in [-0.3, -0.25) is 19.2 Å². The Kier molecular flexibility index (Phi) is 4.84. The van der Waals surface area contributed by atoms with Gasteiger partial charge in [0.1, 0.15) is 11.5 Å². The molecule has 0 spiro atoms. The number of hydrogen-bond acceptors (Lipinski definition) is 8. The Morgan fingerprint density at radius 3 is 2.07 bits per heavy atom. The highest BCUT2D eigenvalue weighted by Gasteiger charge is 2.55. The van der Waals surface area contributed by atoms with Crippen LogP contribution in [0.4, 0.5) is 0 Å². The van der Waals surface area contributed by atoms with Crippen molar-refractivity contribution in [3.8, 4) is 11.5 Å². The molecule has 9 heteroatoms. The fourth-order valence-electron chi connectivity index (χ4n) is 3.27. The largest absolute Gasteiger partial charge is 0.496 e. The SMILES string of the molecule is COc1cccc(OC)c1C1(C)OC(N2C(=O)CCC2=O)=C(OC(C)=O)C1=O. The number of carbonyl (C=O) groups excluding carboxylic acids is 4. The fourth-order valence-corrected chi connectivity index (χ4v) is 3.27. The number of imide groups is 1. The van der Waals surface area contributed by atoms with E-state index in [4.69, 9.17) is 18.9 Å². The number of nitrogens with zero attached hydrogens (tertiary/aromatic N) is 1. The number of ketones is 1. The third-order valence-corrected chi connectivity index (χ3v) is 4.54. The van der Waals surface area contributed by atoms with E-state index in [-0.39, 0.29) is 29.9 Å². The lowest BCUT2D eigenvalue weighted by Crippen LogP contribution is -2.34. The van der Waals surface area contributed by atoms with Crippen LogP contribution in [0.15, 0.2) is 29.8 Å². The predicted octanol–water partition coefficient (Wildman–Crippen LogP) is 1.40. The summed E-state index contributed by atoms with van der Waals surface area (Å²) < 4.78 is 21.6. The number of benzene rings is 1. The summed E-state index contributed by atoms with van der Waals surface area (Å²) in [6.07, 6.45) is -0.0517. The van der Waals surface area contributed by atoms with E-state index in [2.05, 4.69) is 0 Å². The van der Waals surface area contributed by atoms with Crippen molar-refractivity contribution in [3.05, 3.63) is 35.4 Å². The van der Waals surface area contributed by atoms with Crippen molar-refractivity contribution >= 4 is 23.6 Å².